The molecule has 0 spiro atoms. The van der Waals surface area contributed by atoms with Crippen LogP contribution in [0.1, 0.15) is 17.5 Å². The predicted molar refractivity (Wildman–Crippen MR) is 93.9 cm³/mol. The largest absolute Gasteiger partial charge is 0.496 e. The van der Waals surface area contributed by atoms with E-state index in [-0.39, 0.29) is 5.91 Å². The fraction of sp³-hybridized carbons (Fsp3) is 0.316. The first-order valence-electron chi connectivity index (χ1n) is 7.75. The Morgan fingerprint density at radius 3 is 2.43 bits per heavy atom. The molecule has 0 unspecified atom stereocenters. The van der Waals surface area contributed by atoms with Crippen LogP contribution in [0.3, 0.4) is 0 Å². The van der Waals surface area contributed by atoms with Crippen LogP contribution in [-0.4, -0.2) is 27.1 Å². The van der Waals surface area contributed by atoms with Crippen LogP contribution in [0.4, 0.5) is 5.69 Å². The Morgan fingerprint density at radius 2 is 1.78 bits per heavy atom. The molecule has 2 rings (SSSR count). The first-order valence-corrected chi connectivity index (χ1v) is 7.75. The molecule has 0 atom stereocenters. The number of anilines is 1. The van der Waals surface area contributed by atoms with Gasteiger partial charge in [0.2, 0.25) is 5.91 Å². The molecule has 4 nitrogen and oxygen atoms in total. The number of nitrogens with zero attached hydrogens (tertiary/aromatic N) is 1. The van der Waals surface area contributed by atoms with Gasteiger partial charge < -0.3 is 15.0 Å². The van der Waals surface area contributed by atoms with E-state index in [1.54, 1.807) is 7.11 Å². The minimum absolute atomic E-state index is 0.0487. The summed E-state index contributed by atoms with van der Waals surface area (Å²) in [6, 6.07) is 16.0. The monoisotopic (exact) mass is 312 g/mol. The van der Waals surface area contributed by atoms with Crippen LogP contribution in [0.15, 0.2) is 48.5 Å². The van der Waals surface area contributed by atoms with Gasteiger partial charge in [0, 0.05) is 38.3 Å². The Hall–Kier alpha value is -2.49. The van der Waals surface area contributed by atoms with Gasteiger partial charge in [0.1, 0.15) is 5.75 Å². The van der Waals surface area contributed by atoms with Crippen molar-refractivity contribution >= 4 is 11.6 Å². The van der Waals surface area contributed by atoms with Gasteiger partial charge >= 0.3 is 0 Å². The van der Waals surface area contributed by atoms with Crippen LogP contribution in [0.25, 0.3) is 0 Å². The van der Waals surface area contributed by atoms with Crippen LogP contribution in [0.2, 0.25) is 0 Å². The molecule has 0 saturated heterocycles. The maximum absolute atomic E-state index is 12.0. The molecular formula is C19H24N2O2. The maximum atomic E-state index is 12.0. The number of benzene rings is 2. The number of rotatable bonds is 7. The third-order valence-corrected chi connectivity index (χ3v) is 3.76. The van der Waals surface area contributed by atoms with Gasteiger partial charge in [0.25, 0.3) is 0 Å². The van der Waals surface area contributed by atoms with Crippen molar-refractivity contribution < 1.29 is 9.53 Å². The molecule has 0 bridgehead atoms. The Morgan fingerprint density at radius 1 is 1.09 bits per heavy atom. The summed E-state index contributed by atoms with van der Waals surface area (Å²) in [5.74, 6) is 0.847. The molecule has 0 aliphatic carbocycles. The summed E-state index contributed by atoms with van der Waals surface area (Å²) >= 11 is 0. The lowest BCUT2D eigenvalue weighted by molar-refractivity contribution is -0.121. The molecule has 0 aliphatic heterocycles. The third-order valence-electron chi connectivity index (χ3n) is 3.76. The van der Waals surface area contributed by atoms with E-state index in [0.29, 0.717) is 13.0 Å². The first kappa shape index (κ1) is 16.9. The van der Waals surface area contributed by atoms with Crippen molar-refractivity contribution in [3.8, 4) is 5.75 Å². The molecule has 0 aliphatic rings. The van der Waals surface area contributed by atoms with Gasteiger partial charge in [0.15, 0.2) is 0 Å². The number of carbonyl (C=O) groups excluding carboxylic acids is 1. The van der Waals surface area contributed by atoms with E-state index < -0.39 is 0 Å². The normalized spacial score (nSPS) is 10.2. The van der Waals surface area contributed by atoms with Gasteiger partial charge in [-0.05, 0) is 30.2 Å². The molecule has 4 heteroatoms. The lowest BCUT2D eigenvalue weighted by Gasteiger charge is -2.12. The summed E-state index contributed by atoms with van der Waals surface area (Å²) in [5, 5.41) is 2.95. The summed E-state index contributed by atoms with van der Waals surface area (Å²) in [6.07, 6.45) is 1.22. The minimum atomic E-state index is 0.0487. The standard InChI is InChI=1S/C19H24N2O2/c1-21(2)17-11-8-15(9-12-17)10-13-19(22)20-14-16-6-4-5-7-18(16)23-3/h4-9,11-12H,10,13-14H2,1-3H3,(H,20,22). The first-order chi connectivity index (χ1) is 11.1. The Kier molecular flexibility index (Phi) is 6.03. The summed E-state index contributed by atoms with van der Waals surface area (Å²) in [5.41, 5.74) is 3.32. The van der Waals surface area contributed by atoms with Crippen molar-refractivity contribution in [1.82, 2.24) is 5.32 Å². The molecule has 0 heterocycles. The highest BCUT2D eigenvalue weighted by molar-refractivity contribution is 5.76. The summed E-state index contributed by atoms with van der Waals surface area (Å²) in [7, 11) is 5.67. The highest BCUT2D eigenvalue weighted by Crippen LogP contribution is 2.17. The zero-order chi connectivity index (χ0) is 16.7. The number of methoxy groups -OCH3 is 1. The molecule has 0 radical (unpaired) electrons. The lowest BCUT2D eigenvalue weighted by atomic mass is 10.1. The van der Waals surface area contributed by atoms with Gasteiger partial charge in [-0.1, -0.05) is 30.3 Å². The molecule has 1 amide bonds. The fourth-order valence-electron chi connectivity index (χ4n) is 2.35. The second-order valence-electron chi connectivity index (χ2n) is 5.65. The van der Waals surface area contributed by atoms with Gasteiger partial charge in [-0.2, -0.15) is 0 Å². The molecule has 0 saturated carbocycles. The molecule has 2 aromatic carbocycles. The minimum Gasteiger partial charge on any atom is -0.496 e. The van der Waals surface area contributed by atoms with E-state index in [4.69, 9.17) is 4.74 Å². The lowest BCUT2D eigenvalue weighted by Crippen LogP contribution is -2.23. The molecule has 2 aromatic rings. The molecular weight excluding hydrogens is 288 g/mol. The second kappa shape index (κ2) is 8.22. The highest BCUT2D eigenvalue weighted by atomic mass is 16.5. The van der Waals surface area contributed by atoms with Gasteiger partial charge in [0.05, 0.1) is 7.11 Å². The number of ether oxygens (including phenoxy) is 1. The molecule has 122 valence electrons. The van der Waals surface area contributed by atoms with E-state index in [2.05, 4.69) is 34.5 Å². The van der Waals surface area contributed by atoms with Crippen molar-refractivity contribution in [2.75, 3.05) is 26.1 Å². The zero-order valence-corrected chi connectivity index (χ0v) is 14.0. The maximum Gasteiger partial charge on any atom is 0.220 e. The van der Waals surface area contributed by atoms with Gasteiger partial charge in [-0.15, -0.1) is 0 Å². The predicted octanol–water partition coefficient (Wildman–Crippen LogP) is 3.01. The van der Waals surface area contributed by atoms with Crippen LogP contribution < -0.4 is 15.0 Å². The topological polar surface area (TPSA) is 41.6 Å². The Balaban J connectivity index is 1.81. The molecule has 1 N–H and O–H groups in total. The zero-order valence-electron chi connectivity index (χ0n) is 14.0. The number of amides is 1. The van der Waals surface area contributed by atoms with E-state index in [1.165, 1.54) is 5.56 Å². The molecule has 0 aromatic heterocycles. The summed E-state index contributed by atoms with van der Waals surface area (Å²) in [6.45, 7) is 0.489. The number of para-hydroxylation sites is 1. The summed E-state index contributed by atoms with van der Waals surface area (Å²) in [4.78, 5) is 14.1. The van der Waals surface area contributed by atoms with Crippen LogP contribution in [0.5, 0.6) is 5.75 Å². The van der Waals surface area contributed by atoms with Crippen molar-refractivity contribution in [2.24, 2.45) is 0 Å². The van der Waals surface area contributed by atoms with E-state index in [0.717, 1.165) is 23.4 Å². The van der Waals surface area contributed by atoms with Crippen molar-refractivity contribution in [1.29, 1.82) is 0 Å². The fourth-order valence-corrected chi connectivity index (χ4v) is 2.35. The third kappa shape index (κ3) is 5.02. The SMILES string of the molecule is COc1ccccc1CNC(=O)CCc1ccc(N(C)C)cc1. The second-order valence-corrected chi connectivity index (χ2v) is 5.65. The van der Waals surface area contributed by atoms with E-state index >= 15 is 0 Å². The highest BCUT2D eigenvalue weighted by Gasteiger charge is 2.06. The van der Waals surface area contributed by atoms with Crippen molar-refractivity contribution in [2.45, 2.75) is 19.4 Å². The van der Waals surface area contributed by atoms with Crippen molar-refractivity contribution in [3.05, 3.63) is 59.7 Å². The average molecular weight is 312 g/mol. The van der Waals surface area contributed by atoms with Gasteiger partial charge in [-0.3, -0.25) is 4.79 Å². The number of hydrogen-bond donors (Lipinski definition) is 1. The van der Waals surface area contributed by atoms with Crippen molar-refractivity contribution in [3.63, 3.8) is 0 Å². The quantitative estimate of drug-likeness (QED) is 0.854. The van der Waals surface area contributed by atoms with E-state index in [1.807, 2.05) is 38.4 Å². The summed E-state index contributed by atoms with van der Waals surface area (Å²) < 4.78 is 5.28. The van der Waals surface area contributed by atoms with Crippen LogP contribution in [0, 0.1) is 0 Å². The Bertz CT molecular complexity index is 636. The van der Waals surface area contributed by atoms with Gasteiger partial charge in [-0.25, -0.2) is 0 Å². The smallest absolute Gasteiger partial charge is 0.220 e. The Labute approximate surface area is 138 Å². The van der Waals surface area contributed by atoms with E-state index in [9.17, 15) is 4.79 Å². The number of aryl methyl sites for hydroxylation is 1. The number of carbonyl (C=O) groups is 1. The number of hydrogen-bond acceptors (Lipinski definition) is 3. The van der Waals surface area contributed by atoms with Crippen LogP contribution >= 0.6 is 0 Å². The molecule has 0 fully saturated rings. The average Bonchev–Trinajstić information content (AvgIpc) is 2.58. The van der Waals surface area contributed by atoms with Crippen LogP contribution in [-0.2, 0) is 17.8 Å². The molecule has 23 heavy (non-hydrogen) atoms. The number of nitrogens with one attached hydrogen (secondary N) is 1.